The van der Waals surface area contributed by atoms with Crippen LogP contribution in [0.1, 0.15) is 6.42 Å². The fourth-order valence-electron chi connectivity index (χ4n) is 2.25. The number of halogens is 2. The molecular weight excluding hydrogens is 269 g/mol. The fraction of sp³-hybridized carbons (Fsp3) is 0.308. The number of hydrogen-bond donors (Lipinski definition) is 2. The lowest BCUT2D eigenvalue weighted by molar-refractivity contribution is 0.794. The quantitative estimate of drug-likeness (QED) is 0.890. The van der Waals surface area contributed by atoms with Crippen LogP contribution in [0.5, 0.6) is 0 Å². The second-order valence-corrected chi connectivity index (χ2v) is 4.80. The molecule has 5 heteroatoms. The molecule has 96 valence electrons. The van der Waals surface area contributed by atoms with Crippen LogP contribution in [0.4, 0.5) is 5.69 Å². The van der Waals surface area contributed by atoms with Crippen molar-refractivity contribution >= 4 is 40.6 Å². The summed E-state index contributed by atoms with van der Waals surface area (Å²) in [6.07, 6.45) is 2.84. The van der Waals surface area contributed by atoms with Gasteiger partial charge in [0.25, 0.3) is 0 Å². The average Bonchev–Trinajstić information content (AvgIpc) is 2.83. The molecule has 0 unspecified atom stereocenters. The fourth-order valence-corrected chi connectivity index (χ4v) is 2.41. The largest absolute Gasteiger partial charge is 0.380 e. The Morgan fingerprint density at radius 1 is 1.39 bits per heavy atom. The first-order valence-corrected chi connectivity index (χ1v) is 6.22. The molecule has 1 fully saturated rings. The lowest BCUT2D eigenvalue weighted by Crippen LogP contribution is -2.22. The van der Waals surface area contributed by atoms with Crippen LogP contribution in [0.2, 0.25) is 5.02 Å². The summed E-state index contributed by atoms with van der Waals surface area (Å²) in [5, 5.41) is 8.66. The second-order valence-electron chi connectivity index (χ2n) is 4.36. The first-order chi connectivity index (χ1) is 8.33. The molecule has 0 aliphatic carbocycles. The number of aromatic nitrogens is 1. The van der Waals surface area contributed by atoms with Crippen molar-refractivity contribution < 1.29 is 0 Å². The Morgan fingerprint density at radius 3 is 3.06 bits per heavy atom. The molecule has 2 heterocycles. The number of nitrogens with one attached hydrogen (secondary N) is 2. The second kappa shape index (κ2) is 5.74. The molecule has 0 bridgehead atoms. The van der Waals surface area contributed by atoms with E-state index in [4.69, 9.17) is 11.6 Å². The molecule has 1 aromatic heterocycles. The number of fused-ring (bicyclic) bond motifs is 1. The van der Waals surface area contributed by atoms with Crippen molar-refractivity contribution in [2.24, 2.45) is 0 Å². The molecule has 0 spiro atoms. The highest BCUT2D eigenvalue weighted by atomic mass is 35.5. The van der Waals surface area contributed by atoms with E-state index in [9.17, 15) is 0 Å². The number of anilines is 1. The van der Waals surface area contributed by atoms with Gasteiger partial charge in [-0.3, -0.25) is 4.98 Å². The third kappa shape index (κ3) is 2.69. The Balaban J connectivity index is 0.00000120. The first-order valence-electron chi connectivity index (χ1n) is 5.84. The van der Waals surface area contributed by atoms with E-state index in [0.29, 0.717) is 11.1 Å². The van der Waals surface area contributed by atoms with Gasteiger partial charge in [0.05, 0.1) is 10.5 Å². The zero-order valence-electron chi connectivity index (χ0n) is 9.82. The maximum absolute atomic E-state index is 6.00. The van der Waals surface area contributed by atoms with Gasteiger partial charge in [-0.25, -0.2) is 0 Å². The summed E-state index contributed by atoms with van der Waals surface area (Å²) >= 11 is 6.00. The van der Waals surface area contributed by atoms with Gasteiger partial charge in [0.2, 0.25) is 0 Å². The van der Waals surface area contributed by atoms with Crippen LogP contribution in [0.15, 0.2) is 30.5 Å². The van der Waals surface area contributed by atoms with Crippen molar-refractivity contribution in [2.45, 2.75) is 12.5 Å². The standard InChI is InChI=1S/C13H14ClN3.ClH/c14-9-6-11-12(16-7-9)2-1-3-13(11)17-10-4-5-15-8-10;/h1-3,6-7,10,15,17H,4-5,8H2;1H/t10-;/m1./s1. The smallest absolute Gasteiger partial charge is 0.0723 e. The number of pyridine rings is 1. The van der Waals surface area contributed by atoms with E-state index in [1.807, 2.05) is 18.2 Å². The number of benzene rings is 1. The maximum Gasteiger partial charge on any atom is 0.0723 e. The van der Waals surface area contributed by atoms with Gasteiger partial charge in [-0.05, 0) is 31.2 Å². The Labute approximate surface area is 117 Å². The minimum atomic E-state index is 0. The predicted molar refractivity (Wildman–Crippen MR) is 78.9 cm³/mol. The molecule has 0 amide bonds. The molecule has 0 radical (unpaired) electrons. The van der Waals surface area contributed by atoms with E-state index >= 15 is 0 Å². The highest BCUT2D eigenvalue weighted by Gasteiger charge is 2.14. The zero-order chi connectivity index (χ0) is 11.7. The lowest BCUT2D eigenvalue weighted by atomic mass is 10.1. The monoisotopic (exact) mass is 283 g/mol. The average molecular weight is 284 g/mol. The molecule has 1 saturated heterocycles. The molecule has 1 aliphatic rings. The van der Waals surface area contributed by atoms with Crippen LogP contribution in [-0.2, 0) is 0 Å². The third-order valence-electron chi connectivity index (χ3n) is 3.11. The van der Waals surface area contributed by atoms with Gasteiger partial charge in [-0.2, -0.15) is 0 Å². The SMILES string of the molecule is Cl.Clc1cnc2cccc(N[C@@H]3CCNC3)c2c1. The van der Waals surface area contributed by atoms with Crippen LogP contribution in [0.3, 0.4) is 0 Å². The van der Waals surface area contributed by atoms with E-state index in [0.717, 1.165) is 36.1 Å². The van der Waals surface area contributed by atoms with Crippen LogP contribution < -0.4 is 10.6 Å². The Morgan fingerprint density at radius 2 is 2.28 bits per heavy atom. The van der Waals surface area contributed by atoms with Gasteiger partial charge in [-0.15, -0.1) is 12.4 Å². The molecule has 2 N–H and O–H groups in total. The third-order valence-corrected chi connectivity index (χ3v) is 3.32. The summed E-state index contributed by atoms with van der Waals surface area (Å²) in [5.74, 6) is 0. The minimum Gasteiger partial charge on any atom is -0.380 e. The molecule has 3 rings (SSSR count). The first kappa shape index (κ1) is 13.4. The van der Waals surface area contributed by atoms with Crippen LogP contribution >= 0.6 is 24.0 Å². The number of hydrogen-bond acceptors (Lipinski definition) is 3. The molecular formula is C13H15Cl2N3. The van der Waals surface area contributed by atoms with Crippen molar-refractivity contribution in [1.82, 2.24) is 10.3 Å². The van der Waals surface area contributed by atoms with Gasteiger partial charge in [0.15, 0.2) is 0 Å². The van der Waals surface area contributed by atoms with Gasteiger partial charge >= 0.3 is 0 Å². The van der Waals surface area contributed by atoms with Gasteiger partial charge in [0.1, 0.15) is 0 Å². The Bertz CT molecular complexity index is 539. The molecule has 3 nitrogen and oxygen atoms in total. The van der Waals surface area contributed by atoms with Crippen LogP contribution in [0, 0.1) is 0 Å². The molecule has 1 aromatic carbocycles. The summed E-state index contributed by atoms with van der Waals surface area (Å²) in [5.41, 5.74) is 2.09. The summed E-state index contributed by atoms with van der Waals surface area (Å²) in [6.45, 7) is 2.10. The highest BCUT2D eigenvalue weighted by molar-refractivity contribution is 6.31. The minimum absolute atomic E-state index is 0. The predicted octanol–water partition coefficient (Wildman–Crippen LogP) is 3.08. The zero-order valence-corrected chi connectivity index (χ0v) is 11.4. The van der Waals surface area contributed by atoms with Crippen molar-refractivity contribution in [1.29, 1.82) is 0 Å². The van der Waals surface area contributed by atoms with Crippen LogP contribution in [0.25, 0.3) is 10.9 Å². The Hall–Kier alpha value is -1.03. The van der Waals surface area contributed by atoms with Crippen LogP contribution in [-0.4, -0.2) is 24.1 Å². The maximum atomic E-state index is 6.00. The topological polar surface area (TPSA) is 37.0 Å². The van der Waals surface area contributed by atoms with Gasteiger partial charge in [0, 0.05) is 29.9 Å². The van der Waals surface area contributed by atoms with E-state index in [-0.39, 0.29) is 12.4 Å². The van der Waals surface area contributed by atoms with Crippen molar-refractivity contribution in [3.05, 3.63) is 35.5 Å². The van der Waals surface area contributed by atoms with Crippen molar-refractivity contribution in [3.8, 4) is 0 Å². The van der Waals surface area contributed by atoms with Gasteiger partial charge < -0.3 is 10.6 Å². The normalized spacial score (nSPS) is 18.6. The molecule has 1 aliphatic heterocycles. The number of rotatable bonds is 2. The highest BCUT2D eigenvalue weighted by Crippen LogP contribution is 2.25. The summed E-state index contributed by atoms with van der Waals surface area (Å²) < 4.78 is 0. The summed E-state index contributed by atoms with van der Waals surface area (Å²) in [4.78, 5) is 4.33. The summed E-state index contributed by atoms with van der Waals surface area (Å²) in [7, 11) is 0. The molecule has 18 heavy (non-hydrogen) atoms. The van der Waals surface area contributed by atoms with E-state index < -0.39 is 0 Å². The molecule has 1 atom stereocenters. The van der Waals surface area contributed by atoms with Gasteiger partial charge in [-0.1, -0.05) is 17.7 Å². The van der Waals surface area contributed by atoms with E-state index in [2.05, 4.69) is 21.7 Å². The van der Waals surface area contributed by atoms with Crippen molar-refractivity contribution in [2.75, 3.05) is 18.4 Å². The van der Waals surface area contributed by atoms with E-state index in [1.165, 1.54) is 0 Å². The van der Waals surface area contributed by atoms with Crippen molar-refractivity contribution in [3.63, 3.8) is 0 Å². The van der Waals surface area contributed by atoms with E-state index in [1.54, 1.807) is 6.20 Å². The Kier molecular flexibility index (Phi) is 4.27. The number of nitrogens with zero attached hydrogens (tertiary/aromatic N) is 1. The molecule has 0 saturated carbocycles. The lowest BCUT2D eigenvalue weighted by Gasteiger charge is -2.14. The summed E-state index contributed by atoms with van der Waals surface area (Å²) in [6, 6.07) is 8.57. The molecule has 2 aromatic rings.